The molecule has 0 spiro atoms. The van der Waals surface area contributed by atoms with Gasteiger partial charge in [-0.2, -0.15) is 0 Å². The number of halogens is 1. The monoisotopic (exact) mass is 356 g/mol. The molecule has 1 aromatic carbocycles. The summed E-state index contributed by atoms with van der Waals surface area (Å²) < 4.78 is 12.2. The van der Waals surface area contributed by atoms with Crippen LogP contribution in [0, 0.1) is 0 Å². The van der Waals surface area contributed by atoms with E-state index in [2.05, 4.69) is 27.4 Å². The minimum Gasteiger partial charge on any atom is -0.497 e. The fourth-order valence-electron chi connectivity index (χ4n) is 2.77. The van der Waals surface area contributed by atoms with E-state index < -0.39 is 0 Å². The van der Waals surface area contributed by atoms with Crippen LogP contribution in [0.3, 0.4) is 0 Å². The van der Waals surface area contributed by atoms with E-state index in [1.165, 1.54) is 24.8 Å². The third kappa shape index (κ3) is 5.25. The van der Waals surface area contributed by atoms with Crippen molar-refractivity contribution in [3.8, 4) is 5.75 Å². The summed E-state index contributed by atoms with van der Waals surface area (Å²) in [7, 11) is 1.69. The normalized spacial score (nSPS) is 20.2. The maximum absolute atomic E-state index is 5.79. The van der Waals surface area contributed by atoms with Crippen molar-refractivity contribution in [1.29, 1.82) is 0 Å². The van der Waals surface area contributed by atoms with Crippen LogP contribution in [0.4, 0.5) is 0 Å². The zero-order chi connectivity index (χ0) is 15.1. The van der Waals surface area contributed by atoms with Gasteiger partial charge < -0.3 is 9.47 Å². The second kappa shape index (κ2) is 8.73. The Morgan fingerprint density at radius 3 is 3.00 bits per heavy atom. The first-order chi connectivity index (χ1) is 10.2. The molecule has 3 N–H and O–H groups in total. The van der Waals surface area contributed by atoms with Crippen molar-refractivity contribution < 1.29 is 9.47 Å². The van der Waals surface area contributed by atoms with Crippen LogP contribution in [0.5, 0.6) is 5.75 Å². The molecule has 2 atom stereocenters. The molecule has 0 amide bonds. The first kappa shape index (κ1) is 16.7. The maximum Gasteiger partial charge on any atom is 0.119 e. The van der Waals surface area contributed by atoms with Crippen LogP contribution in [-0.4, -0.2) is 25.9 Å². The predicted octanol–water partition coefficient (Wildman–Crippen LogP) is 3.18. The molecule has 1 aliphatic heterocycles. The van der Waals surface area contributed by atoms with Crippen LogP contribution in [0.2, 0.25) is 0 Å². The zero-order valence-electron chi connectivity index (χ0n) is 12.6. The van der Waals surface area contributed by atoms with Gasteiger partial charge in [-0.3, -0.25) is 11.3 Å². The smallest absolute Gasteiger partial charge is 0.119 e. The molecular weight excluding hydrogens is 332 g/mol. The zero-order valence-corrected chi connectivity index (χ0v) is 14.2. The summed E-state index contributed by atoms with van der Waals surface area (Å²) in [6.07, 6.45) is 7.03. The summed E-state index contributed by atoms with van der Waals surface area (Å²) in [6, 6.07) is 6.28. The van der Waals surface area contributed by atoms with E-state index in [4.69, 9.17) is 15.3 Å². The highest BCUT2D eigenvalue weighted by Crippen LogP contribution is 2.25. The molecule has 118 valence electrons. The molecule has 2 rings (SSSR count). The van der Waals surface area contributed by atoms with Gasteiger partial charge in [0.05, 0.1) is 13.2 Å². The number of ether oxygens (including phenoxy) is 2. The summed E-state index contributed by atoms with van der Waals surface area (Å²) in [4.78, 5) is 0. The molecule has 5 heteroatoms. The lowest BCUT2D eigenvalue weighted by Crippen LogP contribution is -2.37. The number of hydrogen-bond donors (Lipinski definition) is 2. The third-order valence-electron chi connectivity index (χ3n) is 4.07. The van der Waals surface area contributed by atoms with Crippen molar-refractivity contribution in [3.63, 3.8) is 0 Å². The molecule has 2 unspecified atom stereocenters. The van der Waals surface area contributed by atoms with E-state index >= 15 is 0 Å². The average molecular weight is 357 g/mol. The molecule has 1 aliphatic rings. The van der Waals surface area contributed by atoms with Crippen LogP contribution >= 0.6 is 15.9 Å². The van der Waals surface area contributed by atoms with Crippen molar-refractivity contribution in [2.45, 2.75) is 50.7 Å². The van der Waals surface area contributed by atoms with Crippen LogP contribution < -0.4 is 16.0 Å². The van der Waals surface area contributed by atoms with E-state index in [0.717, 1.165) is 36.1 Å². The Kier molecular flexibility index (Phi) is 6.96. The van der Waals surface area contributed by atoms with Crippen LogP contribution in [0.15, 0.2) is 22.7 Å². The quantitative estimate of drug-likeness (QED) is 0.581. The Morgan fingerprint density at radius 2 is 2.33 bits per heavy atom. The van der Waals surface area contributed by atoms with E-state index in [0.29, 0.717) is 6.10 Å². The van der Waals surface area contributed by atoms with E-state index in [9.17, 15) is 0 Å². The molecule has 0 bridgehead atoms. The molecule has 21 heavy (non-hydrogen) atoms. The SMILES string of the molecule is COc1ccc(Br)c(CC(CCC2CCCCO2)NN)c1. The fourth-order valence-corrected chi connectivity index (χ4v) is 3.17. The van der Waals surface area contributed by atoms with Gasteiger partial charge in [0, 0.05) is 17.1 Å². The second-order valence-corrected chi connectivity index (χ2v) is 6.45. The van der Waals surface area contributed by atoms with Crippen LogP contribution in [0.1, 0.15) is 37.7 Å². The highest BCUT2D eigenvalue weighted by Gasteiger charge is 2.17. The van der Waals surface area contributed by atoms with Gasteiger partial charge in [0.1, 0.15) is 5.75 Å². The second-order valence-electron chi connectivity index (χ2n) is 5.59. The molecule has 0 aliphatic carbocycles. The third-order valence-corrected chi connectivity index (χ3v) is 4.84. The van der Waals surface area contributed by atoms with Gasteiger partial charge in [-0.25, -0.2) is 0 Å². The van der Waals surface area contributed by atoms with E-state index in [-0.39, 0.29) is 6.04 Å². The summed E-state index contributed by atoms with van der Waals surface area (Å²) >= 11 is 3.60. The molecule has 1 fully saturated rings. The van der Waals surface area contributed by atoms with Crippen molar-refractivity contribution in [2.24, 2.45) is 5.84 Å². The van der Waals surface area contributed by atoms with Gasteiger partial charge in [-0.1, -0.05) is 15.9 Å². The van der Waals surface area contributed by atoms with Gasteiger partial charge in [0.25, 0.3) is 0 Å². The molecule has 0 radical (unpaired) electrons. The number of hydrazine groups is 1. The van der Waals surface area contributed by atoms with Crippen LogP contribution in [-0.2, 0) is 11.2 Å². The Balaban J connectivity index is 1.89. The average Bonchev–Trinajstić information content (AvgIpc) is 2.54. The number of methoxy groups -OCH3 is 1. The first-order valence-corrected chi connectivity index (χ1v) is 8.42. The van der Waals surface area contributed by atoms with Crippen molar-refractivity contribution in [3.05, 3.63) is 28.2 Å². The largest absolute Gasteiger partial charge is 0.497 e. The summed E-state index contributed by atoms with van der Waals surface area (Å²) in [6.45, 7) is 0.910. The van der Waals surface area contributed by atoms with E-state index in [1.54, 1.807) is 7.11 Å². The molecule has 0 saturated carbocycles. The molecule has 1 aromatic rings. The minimum absolute atomic E-state index is 0.249. The van der Waals surface area contributed by atoms with Gasteiger partial charge in [-0.15, -0.1) is 0 Å². The molecular formula is C16H25BrN2O2. The number of nitrogens with two attached hydrogens (primary N) is 1. The summed E-state index contributed by atoms with van der Waals surface area (Å²) in [5, 5.41) is 0. The van der Waals surface area contributed by atoms with Crippen molar-refractivity contribution >= 4 is 15.9 Å². The molecule has 4 nitrogen and oxygen atoms in total. The van der Waals surface area contributed by atoms with Gasteiger partial charge in [-0.05, 0) is 62.3 Å². The number of nitrogens with one attached hydrogen (secondary N) is 1. The molecule has 1 saturated heterocycles. The highest BCUT2D eigenvalue weighted by molar-refractivity contribution is 9.10. The first-order valence-electron chi connectivity index (χ1n) is 7.63. The maximum atomic E-state index is 5.79. The summed E-state index contributed by atoms with van der Waals surface area (Å²) in [5.74, 6) is 6.59. The standard InChI is InChI=1S/C16H25BrN2O2/c1-20-15-7-8-16(17)12(11-15)10-13(19-18)5-6-14-4-2-3-9-21-14/h7-8,11,13-14,19H,2-6,9-10,18H2,1H3. The topological polar surface area (TPSA) is 56.5 Å². The molecule has 1 heterocycles. The molecule has 0 aromatic heterocycles. The Hall–Kier alpha value is -0.620. The fraction of sp³-hybridized carbons (Fsp3) is 0.625. The van der Waals surface area contributed by atoms with Crippen LogP contribution in [0.25, 0.3) is 0 Å². The summed E-state index contributed by atoms with van der Waals surface area (Å²) in [5.41, 5.74) is 4.15. The number of benzene rings is 1. The number of hydrogen-bond acceptors (Lipinski definition) is 4. The Morgan fingerprint density at radius 1 is 1.48 bits per heavy atom. The van der Waals surface area contributed by atoms with Crippen molar-refractivity contribution in [1.82, 2.24) is 5.43 Å². The minimum atomic E-state index is 0.249. The van der Waals surface area contributed by atoms with Gasteiger partial charge in [0.15, 0.2) is 0 Å². The predicted molar refractivity (Wildman–Crippen MR) is 88.3 cm³/mol. The van der Waals surface area contributed by atoms with Gasteiger partial charge in [0.2, 0.25) is 0 Å². The van der Waals surface area contributed by atoms with Gasteiger partial charge >= 0.3 is 0 Å². The lowest BCUT2D eigenvalue weighted by atomic mass is 9.98. The highest BCUT2D eigenvalue weighted by atomic mass is 79.9. The number of rotatable bonds is 7. The Labute approximate surface area is 135 Å². The lowest BCUT2D eigenvalue weighted by molar-refractivity contribution is 0.00858. The van der Waals surface area contributed by atoms with Crippen molar-refractivity contribution in [2.75, 3.05) is 13.7 Å². The Bertz CT molecular complexity index is 436. The lowest BCUT2D eigenvalue weighted by Gasteiger charge is -2.25. The van der Waals surface area contributed by atoms with E-state index in [1.807, 2.05) is 12.1 Å².